The molecule has 80 valence electrons. The number of carbonyl (C=O) groups is 1. The molecule has 0 saturated carbocycles. The van der Waals surface area contributed by atoms with Crippen LogP contribution in [0.5, 0.6) is 0 Å². The van der Waals surface area contributed by atoms with Crippen molar-refractivity contribution in [2.75, 3.05) is 0 Å². The third-order valence-corrected chi connectivity index (χ3v) is 2.14. The molecule has 0 bridgehead atoms. The van der Waals surface area contributed by atoms with Gasteiger partial charge in [0.25, 0.3) is 0 Å². The molecule has 1 aromatic rings. The van der Waals surface area contributed by atoms with E-state index in [1.165, 1.54) is 0 Å². The van der Waals surface area contributed by atoms with Crippen molar-refractivity contribution in [2.45, 2.75) is 19.5 Å². The van der Waals surface area contributed by atoms with E-state index in [2.05, 4.69) is 11.9 Å². The van der Waals surface area contributed by atoms with Crippen LogP contribution in [0.25, 0.3) is 0 Å². The van der Waals surface area contributed by atoms with Crippen molar-refractivity contribution in [3.63, 3.8) is 0 Å². The molecule has 0 radical (unpaired) electrons. The van der Waals surface area contributed by atoms with Crippen molar-refractivity contribution in [2.24, 2.45) is 5.73 Å². The normalized spacial score (nSPS) is 9.67. The number of amides is 1. The molecular formula is C12H16N2O. The second-order valence-corrected chi connectivity index (χ2v) is 3.24. The Hall–Kier alpha value is -1.61. The highest BCUT2D eigenvalue weighted by atomic mass is 16.1. The van der Waals surface area contributed by atoms with Crippen LogP contribution in [0.15, 0.2) is 36.9 Å². The molecule has 0 fully saturated rings. The monoisotopic (exact) mass is 204 g/mol. The van der Waals surface area contributed by atoms with Crippen LogP contribution >= 0.6 is 0 Å². The number of hydrogen-bond acceptors (Lipinski definition) is 2. The van der Waals surface area contributed by atoms with Crippen LogP contribution in [-0.4, -0.2) is 5.91 Å². The average molecular weight is 204 g/mol. The fraction of sp³-hybridized carbons (Fsp3) is 0.250. The molecule has 0 aliphatic carbocycles. The smallest absolute Gasteiger partial charge is 0.224 e. The molecule has 3 N–H and O–H groups in total. The summed E-state index contributed by atoms with van der Waals surface area (Å²) in [6, 6.07) is 7.82. The molecule has 0 aliphatic heterocycles. The predicted octanol–water partition coefficient (Wildman–Crippen LogP) is 1.34. The lowest BCUT2D eigenvalue weighted by atomic mass is 10.1. The highest BCUT2D eigenvalue weighted by Gasteiger charge is 2.01. The van der Waals surface area contributed by atoms with Gasteiger partial charge in [0.2, 0.25) is 5.91 Å². The van der Waals surface area contributed by atoms with E-state index in [4.69, 9.17) is 5.73 Å². The number of rotatable bonds is 5. The highest BCUT2D eigenvalue weighted by molar-refractivity contribution is 5.77. The van der Waals surface area contributed by atoms with Gasteiger partial charge in [0, 0.05) is 19.5 Å². The van der Waals surface area contributed by atoms with E-state index in [0.29, 0.717) is 19.5 Å². The van der Waals surface area contributed by atoms with E-state index >= 15 is 0 Å². The van der Waals surface area contributed by atoms with E-state index in [1.54, 1.807) is 6.08 Å². The Balaban J connectivity index is 2.56. The van der Waals surface area contributed by atoms with Crippen LogP contribution in [0.3, 0.4) is 0 Å². The molecule has 0 spiro atoms. The minimum atomic E-state index is -0.0168. The van der Waals surface area contributed by atoms with Crippen molar-refractivity contribution in [1.82, 2.24) is 5.32 Å². The Labute approximate surface area is 90.0 Å². The zero-order chi connectivity index (χ0) is 11.1. The van der Waals surface area contributed by atoms with Crippen molar-refractivity contribution in [3.8, 4) is 0 Å². The number of nitrogens with two attached hydrogens (primary N) is 1. The summed E-state index contributed by atoms with van der Waals surface area (Å²) in [5.74, 6) is -0.0168. The Morgan fingerprint density at radius 3 is 2.67 bits per heavy atom. The van der Waals surface area contributed by atoms with E-state index in [-0.39, 0.29) is 5.91 Å². The summed E-state index contributed by atoms with van der Waals surface area (Å²) >= 11 is 0. The lowest BCUT2D eigenvalue weighted by Gasteiger charge is -2.08. The highest BCUT2D eigenvalue weighted by Crippen LogP contribution is 2.07. The summed E-state index contributed by atoms with van der Waals surface area (Å²) in [6.45, 7) is 4.53. The predicted molar refractivity (Wildman–Crippen MR) is 61.0 cm³/mol. The van der Waals surface area contributed by atoms with Crippen molar-refractivity contribution >= 4 is 5.91 Å². The lowest BCUT2D eigenvalue weighted by molar-refractivity contribution is -0.120. The standard InChI is InChI=1S/C12H16N2O/c1-2-5-12(15)14-9-11-7-4-3-6-10(11)8-13/h2-4,6-7H,1,5,8-9,13H2,(H,14,15). The molecule has 1 amide bonds. The summed E-state index contributed by atoms with van der Waals surface area (Å²) in [4.78, 5) is 11.2. The molecule has 0 aromatic heterocycles. The SMILES string of the molecule is C=CCC(=O)NCc1ccccc1CN. The molecule has 0 atom stereocenters. The van der Waals surface area contributed by atoms with Crippen LogP contribution in [0.2, 0.25) is 0 Å². The van der Waals surface area contributed by atoms with Gasteiger partial charge in [0.05, 0.1) is 0 Å². The Kier molecular flexibility index (Phi) is 4.57. The Bertz CT molecular complexity index is 347. The summed E-state index contributed by atoms with van der Waals surface area (Å²) < 4.78 is 0. The number of benzene rings is 1. The zero-order valence-electron chi connectivity index (χ0n) is 8.70. The van der Waals surface area contributed by atoms with Crippen molar-refractivity contribution in [1.29, 1.82) is 0 Å². The molecule has 1 aromatic carbocycles. The van der Waals surface area contributed by atoms with Gasteiger partial charge in [-0.2, -0.15) is 0 Å². The largest absolute Gasteiger partial charge is 0.352 e. The molecule has 0 aliphatic rings. The number of carbonyl (C=O) groups excluding carboxylic acids is 1. The van der Waals surface area contributed by atoms with Crippen LogP contribution in [0.1, 0.15) is 17.5 Å². The first-order valence-corrected chi connectivity index (χ1v) is 4.92. The van der Waals surface area contributed by atoms with Gasteiger partial charge in [-0.3, -0.25) is 4.79 Å². The topological polar surface area (TPSA) is 55.1 Å². The zero-order valence-corrected chi connectivity index (χ0v) is 8.70. The fourth-order valence-electron chi connectivity index (χ4n) is 1.33. The summed E-state index contributed by atoms with van der Waals surface area (Å²) in [5.41, 5.74) is 7.72. The van der Waals surface area contributed by atoms with Gasteiger partial charge < -0.3 is 11.1 Å². The first-order valence-electron chi connectivity index (χ1n) is 4.92. The number of nitrogens with one attached hydrogen (secondary N) is 1. The van der Waals surface area contributed by atoms with Gasteiger partial charge in [0.1, 0.15) is 0 Å². The number of hydrogen-bond donors (Lipinski definition) is 2. The van der Waals surface area contributed by atoms with Gasteiger partial charge in [-0.1, -0.05) is 30.3 Å². The molecular weight excluding hydrogens is 188 g/mol. The van der Waals surface area contributed by atoms with Gasteiger partial charge in [-0.15, -0.1) is 6.58 Å². The minimum Gasteiger partial charge on any atom is -0.352 e. The molecule has 3 heteroatoms. The minimum absolute atomic E-state index is 0.0168. The third-order valence-electron chi connectivity index (χ3n) is 2.14. The second-order valence-electron chi connectivity index (χ2n) is 3.24. The Morgan fingerprint density at radius 2 is 2.07 bits per heavy atom. The molecule has 3 nitrogen and oxygen atoms in total. The molecule has 15 heavy (non-hydrogen) atoms. The lowest BCUT2D eigenvalue weighted by Crippen LogP contribution is -2.22. The first kappa shape index (κ1) is 11.5. The van der Waals surface area contributed by atoms with Gasteiger partial charge in [-0.05, 0) is 11.1 Å². The van der Waals surface area contributed by atoms with Crippen LogP contribution in [0.4, 0.5) is 0 Å². The van der Waals surface area contributed by atoms with Gasteiger partial charge >= 0.3 is 0 Å². The second kappa shape index (κ2) is 5.98. The van der Waals surface area contributed by atoms with Gasteiger partial charge in [0.15, 0.2) is 0 Å². The van der Waals surface area contributed by atoms with E-state index < -0.39 is 0 Å². The average Bonchev–Trinajstić information content (AvgIpc) is 2.27. The summed E-state index contributed by atoms with van der Waals surface area (Å²) in [7, 11) is 0. The fourth-order valence-corrected chi connectivity index (χ4v) is 1.33. The van der Waals surface area contributed by atoms with Crippen LogP contribution in [0, 0.1) is 0 Å². The van der Waals surface area contributed by atoms with E-state index in [1.807, 2.05) is 24.3 Å². The maximum Gasteiger partial charge on any atom is 0.224 e. The van der Waals surface area contributed by atoms with Crippen LogP contribution in [-0.2, 0) is 17.9 Å². The first-order chi connectivity index (χ1) is 7.27. The summed E-state index contributed by atoms with van der Waals surface area (Å²) in [6.07, 6.45) is 1.94. The molecule has 1 rings (SSSR count). The maximum atomic E-state index is 11.2. The quantitative estimate of drug-likeness (QED) is 0.711. The van der Waals surface area contributed by atoms with Gasteiger partial charge in [-0.25, -0.2) is 0 Å². The molecule has 0 heterocycles. The molecule has 0 saturated heterocycles. The summed E-state index contributed by atoms with van der Waals surface area (Å²) in [5, 5.41) is 2.81. The third kappa shape index (κ3) is 3.56. The maximum absolute atomic E-state index is 11.2. The Morgan fingerprint density at radius 1 is 1.40 bits per heavy atom. The molecule has 0 unspecified atom stereocenters. The van der Waals surface area contributed by atoms with E-state index in [9.17, 15) is 4.79 Å². The van der Waals surface area contributed by atoms with Crippen molar-refractivity contribution in [3.05, 3.63) is 48.0 Å². The van der Waals surface area contributed by atoms with Crippen molar-refractivity contribution < 1.29 is 4.79 Å². The van der Waals surface area contributed by atoms with Crippen LogP contribution < -0.4 is 11.1 Å². The van der Waals surface area contributed by atoms with E-state index in [0.717, 1.165) is 11.1 Å².